The summed E-state index contributed by atoms with van der Waals surface area (Å²) >= 11 is 0. The predicted octanol–water partition coefficient (Wildman–Crippen LogP) is 1.12. The van der Waals surface area contributed by atoms with Gasteiger partial charge in [-0.15, -0.1) is 0 Å². The van der Waals surface area contributed by atoms with Crippen molar-refractivity contribution in [3.05, 3.63) is 0 Å². The van der Waals surface area contributed by atoms with Crippen LogP contribution in [0.4, 0.5) is 0 Å². The van der Waals surface area contributed by atoms with Crippen LogP contribution in [-0.2, 0) is 4.79 Å². The van der Waals surface area contributed by atoms with E-state index in [4.69, 9.17) is 5.84 Å². The fourth-order valence-corrected chi connectivity index (χ4v) is 2.75. The molecule has 16 heavy (non-hydrogen) atoms. The Hall–Kier alpha value is -0.610. The molecule has 0 aromatic heterocycles. The minimum Gasteiger partial charge on any atom is -0.293 e. The lowest BCUT2D eigenvalue weighted by atomic mass is 9.86. The van der Waals surface area contributed by atoms with Gasteiger partial charge in [0.2, 0.25) is 0 Å². The maximum atomic E-state index is 11.9. The molecule has 0 spiro atoms. The van der Waals surface area contributed by atoms with Gasteiger partial charge in [-0.25, -0.2) is 5.84 Å². The number of hydrogen-bond donors (Lipinski definition) is 2. The van der Waals surface area contributed by atoms with Gasteiger partial charge < -0.3 is 0 Å². The summed E-state index contributed by atoms with van der Waals surface area (Å²) in [5.41, 5.74) is 1.84. The van der Waals surface area contributed by atoms with E-state index in [1.807, 2.05) is 13.8 Å². The van der Waals surface area contributed by atoms with Crippen molar-refractivity contribution in [2.24, 2.45) is 17.7 Å². The first-order valence-electron chi connectivity index (χ1n) is 6.20. The van der Waals surface area contributed by atoms with Crippen LogP contribution in [0.2, 0.25) is 0 Å². The molecule has 1 rings (SSSR count). The second kappa shape index (κ2) is 5.15. The van der Waals surface area contributed by atoms with Crippen molar-refractivity contribution in [2.75, 3.05) is 13.1 Å². The third-order valence-electron chi connectivity index (χ3n) is 3.88. The molecular formula is C12H25N3O. The van der Waals surface area contributed by atoms with Gasteiger partial charge in [0.05, 0.1) is 5.54 Å². The first-order chi connectivity index (χ1) is 7.43. The number of amides is 1. The van der Waals surface area contributed by atoms with E-state index in [-0.39, 0.29) is 5.91 Å². The molecule has 4 nitrogen and oxygen atoms in total. The van der Waals surface area contributed by atoms with E-state index >= 15 is 0 Å². The fourth-order valence-electron chi connectivity index (χ4n) is 2.75. The molecule has 3 N–H and O–H groups in total. The number of nitrogens with two attached hydrogens (primary N) is 1. The Morgan fingerprint density at radius 2 is 1.94 bits per heavy atom. The first-order valence-corrected chi connectivity index (χ1v) is 6.20. The second-order valence-electron chi connectivity index (χ2n) is 5.45. The summed E-state index contributed by atoms with van der Waals surface area (Å²) < 4.78 is 0. The van der Waals surface area contributed by atoms with Gasteiger partial charge in [0.1, 0.15) is 0 Å². The molecule has 0 aromatic rings. The van der Waals surface area contributed by atoms with Crippen LogP contribution in [0.5, 0.6) is 0 Å². The van der Waals surface area contributed by atoms with Crippen molar-refractivity contribution >= 4 is 5.91 Å². The van der Waals surface area contributed by atoms with Gasteiger partial charge >= 0.3 is 0 Å². The molecule has 0 radical (unpaired) electrons. The van der Waals surface area contributed by atoms with Crippen LogP contribution in [0.15, 0.2) is 0 Å². The minimum atomic E-state index is -0.461. The highest BCUT2D eigenvalue weighted by Crippen LogP contribution is 2.29. The molecule has 94 valence electrons. The summed E-state index contributed by atoms with van der Waals surface area (Å²) in [6.07, 6.45) is 2.04. The maximum Gasteiger partial charge on any atom is 0.254 e. The highest BCUT2D eigenvalue weighted by atomic mass is 16.2. The number of carbonyl (C=O) groups is 1. The molecule has 1 aliphatic rings. The molecule has 1 saturated heterocycles. The largest absolute Gasteiger partial charge is 0.293 e. The molecule has 4 heteroatoms. The van der Waals surface area contributed by atoms with Crippen molar-refractivity contribution < 1.29 is 4.79 Å². The molecule has 1 heterocycles. The smallest absolute Gasteiger partial charge is 0.254 e. The number of piperidine rings is 1. The second-order valence-corrected chi connectivity index (χ2v) is 5.45. The van der Waals surface area contributed by atoms with E-state index in [0.717, 1.165) is 19.5 Å². The molecule has 1 amide bonds. The molecule has 0 aliphatic carbocycles. The summed E-state index contributed by atoms with van der Waals surface area (Å²) in [4.78, 5) is 14.2. The number of nitrogens with zero attached hydrogens (tertiary/aromatic N) is 1. The van der Waals surface area contributed by atoms with Crippen molar-refractivity contribution in [1.82, 2.24) is 10.3 Å². The highest BCUT2D eigenvalue weighted by Gasteiger charge is 2.40. The standard InChI is InChI=1S/C12H25N3O/c1-5-12(4,11(16)14-13)15-7-9(2)6-10(3)8-15/h9-10H,5-8,13H2,1-4H3,(H,14,16)/t9-,10+,12-/m0/s1. The zero-order valence-electron chi connectivity index (χ0n) is 10.9. The Balaban J connectivity index is 2.83. The van der Waals surface area contributed by atoms with Crippen LogP contribution in [0.25, 0.3) is 0 Å². The Morgan fingerprint density at radius 1 is 1.44 bits per heavy atom. The van der Waals surface area contributed by atoms with Gasteiger partial charge in [-0.1, -0.05) is 20.8 Å². The third kappa shape index (κ3) is 2.55. The quantitative estimate of drug-likeness (QED) is 0.431. The van der Waals surface area contributed by atoms with Crippen LogP contribution in [0.1, 0.15) is 40.5 Å². The van der Waals surface area contributed by atoms with Crippen LogP contribution in [-0.4, -0.2) is 29.4 Å². The normalized spacial score (nSPS) is 30.8. The van der Waals surface area contributed by atoms with E-state index in [9.17, 15) is 4.79 Å². The van der Waals surface area contributed by atoms with E-state index in [2.05, 4.69) is 24.2 Å². The van der Waals surface area contributed by atoms with Crippen LogP contribution >= 0.6 is 0 Å². The molecule has 1 aliphatic heterocycles. The molecule has 0 unspecified atom stereocenters. The van der Waals surface area contributed by atoms with Crippen molar-refractivity contribution in [3.63, 3.8) is 0 Å². The third-order valence-corrected chi connectivity index (χ3v) is 3.88. The maximum absolute atomic E-state index is 11.9. The van der Waals surface area contributed by atoms with E-state index in [1.165, 1.54) is 6.42 Å². The zero-order valence-corrected chi connectivity index (χ0v) is 10.9. The monoisotopic (exact) mass is 227 g/mol. The highest BCUT2D eigenvalue weighted by molar-refractivity contribution is 5.85. The molecule has 0 aromatic carbocycles. The lowest BCUT2D eigenvalue weighted by Crippen LogP contribution is -2.61. The van der Waals surface area contributed by atoms with E-state index < -0.39 is 5.54 Å². The van der Waals surface area contributed by atoms with Gasteiger partial charge in [0.15, 0.2) is 0 Å². The van der Waals surface area contributed by atoms with Crippen molar-refractivity contribution in [3.8, 4) is 0 Å². The zero-order chi connectivity index (χ0) is 12.3. The van der Waals surface area contributed by atoms with Crippen molar-refractivity contribution in [1.29, 1.82) is 0 Å². The molecule has 0 bridgehead atoms. The van der Waals surface area contributed by atoms with Gasteiger partial charge in [0, 0.05) is 13.1 Å². The number of hydrogen-bond acceptors (Lipinski definition) is 3. The average Bonchev–Trinajstić information content (AvgIpc) is 2.25. The van der Waals surface area contributed by atoms with Gasteiger partial charge in [0.25, 0.3) is 5.91 Å². The molecule has 3 atom stereocenters. The SMILES string of the molecule is CC[C@@](C)(C(=O)NN)N1C[C@H](C)C[C@H](C)C1. The Labute approximate surface area is 98.5 Å². The summed E-state index contributed by atoms with van der Waals surface area (Å²) in [6.45, 7) is 10.5. The number of likely N-dealkylation sites (tertiary alicyclic amines) is 1. The summed E-state index contributed by atoms with van der Waals surface area (Å²) in [6, 6.07) is 0. The predicted molar refractivity (Wildman–Crippen MR) is 65.5 cm³/mol. The number of hydrazine groups is 1. The van der Waals surface area contributed by atoms with Gasteiger partial charge in [-0.05, 0) is 31.6 Å². The summed E-state index contributed by atoms with van der Waals surface area (Å²) in [5.74, 6) is 6.52. The Bertz CT molecular complexity index is 247. The average molecular weight is 227 g/mol. The molecular weight excluding hydrogens is 202 g/mol. The Kier molecular flexibility index (Phi) is 4.33. The number of rotatable bonds is 3. The lowest BCUT2D eigenvalue weighted by molar-refractivity contribution is -0.135. The minimum absolute atomic E-state index is 0.0729. The number of nitrogens with one attached hydrogen (secondary N) is 1. The van der Waals surface area contributed by atoms with E-state index in [0.29, 0.717) is 11.8 Å². The van der Waals surface area contributed by atoms with Crippen LogP contribution in [0, 0.1) is 11.8 Å². The van der Waals surface area contributed by atoms with Gasteiger partial charge in [-0.3, -0.25) is 15.1 Å². The first kappa shape index (κ1) is 13.5. The van der Waals surface area contributed by atoms with Crippen LogP contribution in [0.3, 0.4) is 0 Å². The summed E-state index contributed by atoms with van der Waals surface area (Å²) in [7, 11) is 0. The summed E-state index contributed by atoms with van der Waals surface area (Å²) in [5, 5.41) is 0. The lowest BCUT2D eigenvalue weighted by Gasteiger charge is -2.45. The molecule has 0 saturated carbocycles. The Morgan fingerprint density at radius 3 is 2.31 bits per heavy atom. The fraction of sp³-hybridized carbons (Fsp3) is 0.917. The molecule has 1 fully saturated rings. The van der Waals surface area contributed by atoms with Gasteiger partial charge in [-0.2, -0.15) is 0 Å². The van der Waals surface area contributed by atoms with E-state index in [1.54, 1.807) is 0 Å². The van der Waals surface area contributed by atoms with Crippen LogP contribution < -0.4 is 11.3 Å². The number of carbonyl (C=O) groups excluding carboxylic acids is 1. The topological polar surface area (TPSA) is 58.4 Å². The van der Waals surface area contributed by atoms with Crippen molar-refractivity contribution in [2.45, 2.75) is 46.1 Å².